The van der Waals surface area contributed by atoms with Crippen molar-refractivity contribution in [3.05, 3.63) is 28.8 Å². The van der Waals surface area contributed by atoms with Gasteiger partial charge in [-0.2, -0.15) is 0 Å². The molecular formula is C7H3BrFNO. The lowest BCUT2D eigenvalue weighted by molar-refractivity contribution is 0.600. The van der Waals surface area contributed by atoms with Crippen LogP contribution in [-0.2, 0) is 0 Å². The third-order valence-corrected chi connectivity index (χ3v) is 1.81. The highest BCUT2D eigenvalue weighted by molar-refractivity contribution is 9.10. The smallest absolute Gasteiger partial charge is 0.182 e. The average Bonchev–Trinajstić information content (AvgIpc) is 2.34. The molecule has 0 bridgehead atoms. The lowest BCUT2D eigenvalue weighted by Gasteiger charge is -1.90. The quantitative estimate of drug-likeness (QED) is 0.676. The normalized spacial score (nSPS) is 10.7. The predicted octanol–water partition coefficient (Wildman–Crippen LogP) is 2.73. The number of benzene rings is 1. The highest BCUT2D eigenvalue weighted by Crippen LogP contribution is 2.21. The van der Waals surface area contributed by atoms with E-state index in [4.69, 9.17) is 4.42 Å². The number of oxazole rings is 1. The Balaban J connectivity index is 2.91. The number of hydrogen-bond acceptors (Lipinski definition) is 2. The van der Waals surface area contributed by atoms with E-state index in [1.165, 1.54) is 12.5 Å². The summed E-state index contributed by atoms with van der Waals surface area (Å²) in [5.41, 5.74) is 0.727. The lowest BCUT2D eigenvalue weighted by Crippen LogP contribution is -1.76. The first-order valence-electron chi connectivity index (χ1n) is 2.95. The molecular weight excluding hydrogens is 213 g/mol. The van der Waals surface area contributed by atoms with Gasteiger partial charge < -0.3 is 4.42 Å². The summed E-state index contributed by atoms with van der Waals surface area (Å²) >= 11 is 3.14. The van der Waals surface area contributed by atoms with Crippen LogP contribution in [0, 0.1) is 5.82 Å². The number of nitrogens with zero attached hydrogens (tertiary/aromatic N) is 1. The number of aromatic nitrogens is 1. The summed E-state index contributed by atoms with van der Waals surface area (Å²) in [6, 6.07) is 3.02. The second kappa shape index (κ2) is 2.30. The molecule has 4 heteroatoms. The van der Waals surface area contributed by atoms with E-state index < -0.39 is 0 Å². The van der Waals surface area contributed by atoms with Crippen molar-refractivity contribution in [2.45, 2.75) is 0 Å². The summed E-state index contributed by atoms with van der Waals surface area (Å²) in [5, 5.41) is 0. The maximum atomic E-state index is 12.9. The van der Waals surface area contributed by atoms with Gasteiger partial charge in [0.25, 0.3) is 0 Å². The zero-order valence-corrected chi connectivity index (χ0v) is 6.93. The van der Waals surface area contributed by atoms with Crippen molar-refractivity contribution < 1.29 is 8.81 Å². The summed E-state index contributed by atoms with van der Waals surface area (Å²) in [6.07, 6.45) is 1.22. The van der Waals surface area contributed by atoms with Crippen LogP contribution in [0.5, 0.6) is 0 Å². The van der Waals surface area contributed by atoms with Crippen molar-refractivity contribution in [1.29, 1.82) is 0 Å². The fourth-order valence-corrected chi connectivity index (χ4v) is 1.30. The second-order valence-corrected chi connectivity index (χ2v) is 3.00. The fourth-order valence-electron chi connectivity index (χ4n) is 0.893. The van der Waals surface area contributed by atoms with Crippen LogP contribution in [0.3, 0.4) is 0 Å². The molecule has 0 atom stereocenters. The molecule has 0 saturated carbocycles. The molecule has 0 saturated heterocycles. The van der Waals surface area contributed by atoms with E-state index in [0.717, 1.165) is 0 Å². The molecule has 0 aliphatic heterocycles. The topological polar surface area (TPSA) is 26.0 Å². The highest BCUT2D eigenvalue weighted by Gasteiger charge is 2.05. The summed E-state index contributed by atoms with van der Waals surface area (Å²) in [5.74, 6) is -0.372. The third kappa shape index (κ3) is 1.03. The fraction of sp³-hybridized carbons (Fsp3) is 0. The van der Waals surface area contributed by atoms with Crippen LogP contribution in [0.2, 0.25) is 0 Å². The number of hydrogen-bond donors (Lipinski definition) is 0. The van der Waals surface area contributed by atoms with Gasteiger partial charge in [0.15, 0.2) is 17.8 Å². The Bertz CT molecular complexity index is 398. The minimum atomic E-state index is -0.372. The van der Waals surface area contributed by atoms with E-state index in [-0.39, 0.29) is 11.3 Å². The van der Waals surface area contributed by atoms with Gasteiger partial charge >= 0.3 is 0 Å². The van der Waals surface area contributed by atoms with Crippen LogP contribution in [0.4, 0.5) is 4.39 Å². The minimum absolute atomic E-state index is 0.271. The van der Waals surface area contributed by atoms with Crippen LogP contribution < -0.4 is 0 Å². The third-order valence-electron chi connectivity index (χ3n) is 1.35. The Morgan fingerprint density at radius 1 is 1.45 bits per heavy atom. The highest BCUT2D eigenvalue weighted by atomic mass is 79.9. The summed E-state index contributed by atoms with van der Waals surface area (Å²) < 4.78 is 18.5. The van der Waals surface area contributed by atoms with E-state index in [9.17, 15) is 4.39 Å². The van der Waals surface area contributed by atoms with E-state index in [1.807, 2.05) is 0 Å². The second-order valence-electron chi connectivity index (χ2n) is 2.09. The van der Waals surface area contributed by atoms with Gasteiger partial charge in [-0.05, 0) is 12.1 Å². The molecule has 0 unspecified atom stereocenters. The standard InChI is InChI=1S/C7H3BrFNO/c8-4-1-5(9)7-6(2-4)11-3-10-7/h1-3H. The van der Waals surface area contributed by atoms with E-state index >= 15 is 0 Å². The van der Waals surface area contributed by atoms with Gasteiger partial charge in [-0.25, -0.2) is 9.37 Å². The Hall–Kier alpha value is -0.900. The first-order valence-corrected chi connectivity index (χ1v) is 3.75. The largest absolute Gasteiger partial charge is 0.443 e. The molecule has 56 valence electrons. The van der Waals surface area contributed by atoms with Crippen LogP contribution in [0.1, 0.15) is 0 Å². The Kier molecular flexibility index (Phi) is 1.42. The van der Waals surface area contributed by atoms with E-state index in [1.54, 1.807) is 6.07 Å². The zero-order valence-electron chi connectivity index (χ0n) is 5.34. The van der Waals surface area contributed by atoms with Crippen LogP contribution in [0.15, 0.2) is 27.4 Å². The van der Waals surface area contributed by atoms with Gasteiger partial charge in [0, 0.05) is 4.47 Å². The van der Waals surface area contributed by atoms with Gasteiger partial charge in [0.1, 0.15) is 5.52 Å². The van der Waals surface area contributed by atoms with Crippen LogP contribution in [0.25, 0.3) is 11.1 Å². The molecule has 0 aliphatic rings. The van der Waals surface area contributed by atoms with Crippen molar-refractivity contribution >= 4 is 27.0 Å². The maximum Gasteiger partial charge on any atom is 0.182 e. The number of halogens is 2. The van der Waals surface area contributed by atoms with Crippen molar-refractivity contribution in [3.8, 4) is 0 Å². The molecule has 0 N–H and O–H groups in total. The van der Waals surface area contributed by atoms with Gasteiger partial charge in [0.2, 0.25) is 0 Å². The molecule has 1 aromatic heterocycles. The Labute approximate surface area is 70.2 Å². The molecule has 0 aliphatic carbocycles. The van der Waals surface area contributed by atoms with Gasteiger partial charge in [-0.3, -0.25) is 0 Å². The van der Waals surface area contributed by atoms with E-state index in [0.29, 0.717) is 10.1 Å². The first-order chi connectivity index (χ1) is 5.27. The van der Waals surface area contributed by atoms with Gasteiger partial charge in [0.05, 0.1) is 0 Å². The maximum absolute atomic E-state index is 12.9. The molecule has 1 aromatic carbocycles. The van der Waals surface area contributed by atoms with Crippen molar-refractivity contribution in [2.24, 2.45) is 0 Å². The molecule has 1 heterocycles. The summed E-state index contributed by atoms with van der Waals surface area (Å²) in [4.78, 5) is 3.70. The molecule has 11 heavy (non-hydrogen) atoms. The molecule has 0 amide bonds. The average molecular weight is 216 g/mol. The van der Waals surface area contributed by atoms with Crippen LogP contribution >= 0.6 is 15.9 Å². The van der Waals surface area contributed by atoms with Crippen LogP contribution in [-0.4, -0.2) is 4.98 Å². The van der Waals surface area contributed by atoms with Crippen molar-refractivity contribution in [1.82, 2.24) is 4.98 Å². The van der Waals surface area contributed by atoms with Gasteiger partial charge in [-0.1, -0.05) is 15.9 Å². The molecule has 0 fully saturated rings. The predicted molar refractivity (Wildman–Crippen MR) is 41.7 cm³/mol. The minimum Gasteiger partial charge on any atom is -0.443 e. The monoisotopic (exact) mass is 215 g/mol. The zero-order chi connectivity index (χ0) is 7.84. The molecule has 2 aromatic rings. The summed E-state index contributed by atoms with van der Waals surface area (Å²) in [7, 11) is 0. The Morgan fingerprint density at radius 2 is 2.27 bits per heavy atom. The van der Waals surface area contributed by atoms with Crippen molar-refractivity contribution in [2.75, 3.05) is 0 Å². The SMILES string of the molecule is Fc1cc(Br)cc2ocnc12. The van der Waals surface area contributed by atoms with Gasteiger partial charge in [-0.15, -0.1) is 0 Å². The molecule has 0 radical (unpaired) electrons. The lowest BCUT2D eigenvalue weighted by atomic mass is 10.3. The van der Waals surface area contributed by atoms with Crippen molar-refractivity contribution in [3.63, 3.8) is 0 Å². The number of fused-ring (bicyclic) bond motifs is 1. The Morgan fingerprint density at radius 3 is 3.09 bits per heavy atom. The first kappa shape index (κ1) is 6.79. The molecule has 0 spiro atoms. The molecule has 2 rings (SSSR count). The number of rotatable bonds is 0. The van der Waals surface area contributed by atoms with E-state index in [2.05, 4.69) is 20.9 Å². The summed E-state index contributed by atoms with van der Waals surface area (Å²) in [6.45, 7) is 0. The molecule has 2 nitrogen and oxygen atoms in total.